The van der Waals surface area contributed by atoms with Crippen molar-refractivity contribution in [1.29, 1.82) is 0 Å². The molecular formula is C11H14FNO. The Hall–Kier alpha value is -1.09. The van der Waals surface area contributed by atoms with Crippen LogP contribution in [0.4, 0.5) is 4.39 Å². The van der Waals surface area contributed by atoms with E-state index in [0.717, 1.165) is 12.8 Å². The van der Waals surface area contributed by atoms with Gasteiger partial charge in [0.15, 0.2) is 11.6 Å². The number of para-hydroxylation sites is 1. The van der Waals surface area contributed by atoms with E-state index in [4.69, 9.17) is 5.73 Å². The van der Waals surface area contributed by atoms with Gasteiger partial charge in [0.1, 0.15) is 0 Å². The molecular weight excluding hydrogens is 181 g/mol. The van der Waals surface area contributed by atoms with E-state index >= 15 is 0 Å². The first-order valence-corrected chi connectivity index (χ1v) is 4.93. The standard InChI is InChI=1S/C11H14FNO/c12-9-6-2-5-8(11(9)14)10(13)7-3-1-4-7/h2,5-7,10,14H,1,3-4,13H2/t10-/m0/s1. The van der Waals surface area contributed by atoms with Crippen molar-refractivity contribution >= 4 is 0 Å². The zero-order chi connectivity index (χ0) is 10.1. The molecule has 2 nitrogen and oxygen atoms in total. The average Bonchev–Trinajstić information content (AvgIpc) is 2.06. The van der Waals surface area contributed by atoms with E-state index in [0.29, 0.717) is 11.5 Å². The van der Waals surface area contributed by atoms with Crippen LogP contribution in [0, 0.1) is 11.7 Å². The van der Waals surface area contributed by atoms with Gasteiger partial charge in [0, 0.05) is 11.6 Å². The van der Waals surface area contributed by atoms with Crippen LogP contribution in [0.15, 0.2) is 18.2 Å². The number of aromatic hydroxyl groups is 1. The molecule has 3 heteroatoms. The Kier molecular flexibility index (Phi) is 2.42. The van der Waals surface area contributed by atoms with Gasteiger partial charge in [0.2, 0.25) is 0 Å². The van der Waals surface area contributed by atoms with Crippen LogP contribution in [0.2, 0.25) is 0 Å². The second-order valence-electron chi connectivity index (χ2n) is 3.89. The molecule has 1 aromatic rings. The van der Waals surface area contributed by atoms with Crippen LogP contribution in [0.1, 0.15) is 30.9 Å². The predicted molar refractivity (Wildman–Crippen MR) is 52.3 cm³/mol. The predicted octanol–water partition coefficient (Wildman–Crippen LogP) is 2.33. The fourth-order valence-electron chi connectivity index (χ4n) is 1.85. The summed E-state index contributed by atoms with van der Waals surface area (Å²) in [6.07, 6.45) is 3.35. The van der Waals surface area contributed by atoms with Crippen molar-refractivity contribution in [3.8, 4) is 5.75 Å². The minimum absolute atomic E-state index is 0.223. The summed E-state index contributed by atoms with van der Waals surface area (Å²) in [7, 11) is 0. The number of nitrogens with two attached hydrogens (primary N) is 1. The molecule has 1 fully saturated rings. The van der Waals surface area contributed by atoms with Crippen LogP contribution in [0.25, 0.3) is 0 Å². The van der Waals surface area contributed by atoms with Crippen LogP contribution in [-0.4, -0.2) is 5.11 Å². The molecule has 0 heterocycles. The van der Waals surface area contributed by atoms with E-state index in [9.17, 15) is 9.50 Å². The van der Waals surface area contributed by atoms with Crippen LogP contribution in [0.5, 0.6) is 5.75 Å². The lowest BCUT2D eigenvalue weighted by Crippen LogP contribution is -2.26. The van der Waals surface area contributed by atoms with E-state index in [1.54, 1.807) is 12.1 Å². The fourth-order valence-corrected chi connectivity index (χ4v) is 1.85. The van der Waals surface area contributed by atoms with Gasteiger partial charge in [-0.3, -0.25) is 0 Å². The van der Waals surface area contributed by atoms with E-state index < -0.39 is 5.82 Å². The first-order valence-electron chi connectivity index (χ1n) is 4.93. The zero-order valence-corrected chi connectivity index (χ0v) is 7.91. The van der Waals surface area contributed by atoms with Crippen LogP contribution in [0.3, 0.4) is 0 Å². The summed E-state index contributed by atoms with van der Waals surface area (Å²) in [4.78, 5) is 0. The Bertz CT molecular complexity index is 336. The maximum Gasteiger partial charge on any atom is 0.165 e. The summed E-state index contributed by atoms with van der Waals surface area (Å²) in [5.74, 6) is -0.466. The van der Waals surface area contributed by atoms with Gasteiger partial charge in [-0.05, 0) is 24.8 Å². The second-order valence-corrected chi connectivity index (χ2v) is 3.89. The first kappa shape index (κ1) is 9.46. The van der Waals surface area contributed by atoms with Gasteiger partial charge in [0.05, 0.1) is 0 Å². The lowest BCUT2D eigenvalue weighted by Gasteiger charge is -2.31. The maximum atomic E-state index is 13.0. The highest BCUT2D eigenvalue weighted by Gasteiger charge is 2.27. The fraction of sp³-hybridized carbons (Fsp3) is 0.455. The Labute approximate surface area is 82.5 Å². The van der Waals surface area contributed by atoms with Crippen molar-refractivity contribution in [2.75, 3.05) is 0 Å². The monoisotopic (exact) mass is 195 g/mol. The van der Waals surface area contributed by atoms with Gasteiger partial charge in [-0.25, -0.2) is 4.39 Å². The molecule has 0 aliphatic heterocycles. The van der Waals surface area contributed by atoms with Gasteiger partial charge >= 0.3 is 0 Å². The highest BCUT2D eigenvalue weighted by atomic mass is 19.1. The van der Waals surface area contributed by atoms with Gasteiger partial charge in [-0.2, -0.15) is 0 Å². The smallest absolute Gasteiger partial charge is 0.165 e. The van der Waals surface area contributed by atoms with Crippen LogP contribution < -0.4 is 5.73 Å². The minimum Gasteiger partial charge on any atom is -0.505 e. The van der Waals surface area contributed by atoms with Crippen molar-refractivity contribution < 1.29 is 9.50 Å². The van der Waals surface area contributed by atoms with E-state index in [1.807, 2.05) is 0 Å². The van der Waals surface area contributed by atoms with E-state index in [1.165, 1.54) is 12.5 Å². The molecule has 0 amide bonds. The SMILES string of the molecule is N[C@H](c1cccc(F)c1O)C1CCC1. The molecule has 0 bridgehead atoms. The molecule has 1 atom stereocenters. The van der Waals surface area contributed by atoms with E-state index in [-0.39, 0.29) is 11.8 Å². The topological polar surface area (TPSA) is 46.2 Å². The van der Waals surface area contributed by atoms with Crippen LogP contribution in [-0.2, 0) is 0 Å². The molecule has 0 radical (unpaired) electrons. The van der Waals surface area contributed by atoms with Gasteiger partial charge in [-0.1, -0.05) is 18.6 Å². The third-order valence-electron chi connectivity index (χ3n) is 3.03. The average molecular weight is 195 g/mol. The summed E-state index contributed by atoms with van der Waals surface area (Å²) in [5.41, 5.74) is 6.48. The van der Waals surface area contributed by atoms with Crippen molar-refractivity contribution in [2.24, 2.45) is 11.7 Å². The lowest BCUT2D eigenvalue weighted by atomic mass is 9.77. The quantitative estimate of drug-likeness (QED) is 0.760. The van der Waals surface area contributed by atoms with Crippen molar-refractivity contribution in [2.45, 2.75) is 25.3 Å². The summed E-state index contributed by atoms with van der Waals surface area (Å²) in [5, 5.41) is 9.48. The van der Waals surface area contributed by atoms with Crippen molar-refractivity contribution in [3.63, 3.8) is 0 Å². The molecule has 1 aromatic carbocycles. The lowest BCUT2D eigenvalue weighted by molar-refractivity contribution is 0.259. The largest absolute Gasteiger partial charge is 0.505 e. The summed E-state index contributed by atoms with van der Waals surface area (Å²) in [6.45, 7) is 0. The zero-order valence-electron chi connectivity index (χ0n) is 7.91. The molecule has 0 unspecified atom stereocenters. The molecule has 1 aliphatic rings. The Morgan fingerprint density at radius 1 is 1.43 bits per heavy atom. The van der Waals surface area contributed by atoms with Gasteiger partial charge < -0.3 is 10.8 Å². The Balaban J connectivity index is 2.26. The third-order valence-corrected chi connectivity index (χ3v) is 3.03. The molecule has 1 aliphatic carbocycles. The molecule has 1 saturated carbocycles. The Morgan fingerprint density at radius 3 is 2.71 bits per heavy atom. The number of rotatable bonds is 2. The Morgan fingerprint density at radius 2 is 2.14 bits per heavy atom. The molecule has 3 N–H and O–H groups in total. The summed E-state index contributed by atoms with van der Waals surface area (Å²) >= 11 is 0. The highest BCUT2D eigenvalue weighted by molar-refractivity contribution is 5.36. The molecule has 0 aromatic heterocycles. The summed E-state index contributed by atoms with van der Waals surface area (Å²) in [6, 6.07) is 4.30. The third kappa shape index (κ3) is 1.48. The van der Waals surface area contributed by atoms with Gasteiger partial charge in [-0.15, -0.1) is 0 Å². The normalized spacial score (nSPS) is 19.0. The minimum atomic E-state index is -0.586. The number of benzene rings is 1. The first-order chi connectivity index (χ1) is 6.70. The van der Waals surface area contributed by atoms with E-state index in [2.05, 4.69) is 0 Å². The van der Waals surface area contributed by atoms with Crippen molar-refractivity contribution in [1.82, 2.24) is 0 Å². The number of halogens is 1. The van der Waals surface area contributed by atoms with Crippen LogP contribution >= 0.6 is 0 Å². The maximum absolute atomic E-state index is 13.0. The number of phenolic OH excluding ortho intramolecular Hbond substituents is 1. The molecule has 0 saturated heterocycles. The number of hydrogen-bond donors (Lipinski definition) is 2. The van der Waals surface area contributed by atoms with Crippen molar-refractivity contribution in [3.05, 3.63) is 29.6 Å². The number of hydrogen-bond acceptors (Lipinski definition) is 2. The molecule has 76 valence electrons. The second kappa shape index (κ2) is 3.58. The number of phenols is 1. The molecule has 14 heavy (non-hydrogen) atoms. The molecule has 0 spiro atoms. The highest BCUT2D eigenvalue weighted by Crippen LogP contribution is 2.39. The summed E-state index contributed by atoms with van der Waals surface area (Å²) < 4.78 is 13.0. The van der Waals surface area contributed by atoms with Gasteiger partial charge in [0.25, 0.3) is 0 Å². The molecule has 2 rings (SSSR count).